The monoisotopic (exact) mass is 412 g/mol. The maximum atomic E-state index is 11.2. The Bertz CT molecular complexity index is 675. The Labute approximate surface area is 139 Å². The van der Waals surface area contributed by atoms with Crippen molar-refractivity contribution in [3.8, 4) is 5.75 Å². The molecule has 2 aromatic rings. The van der Waals surface area contributed by atoms with Gasteiger partial charge in [-0.05, 0) is 46.3 Å². The molecule has 0 aromatic heterocycles. The van der Waals surface area contributed by atoms with Gasteiger partial charge in [-0.2, -0.15) is 0 Å². The van der Waals surface area contributed by atoms with Crippen LogP contribution >= 0.6 is 31.9 Å². The van der Waals surface area contributed by atoms with Gasteiger partial charge in [0.2, 0.25) is 5.91 Å². The number of anilines is 1. The second kappa shape index (κ2) is 6.95. The highest BCUT2D eigenvalue weighted by molar-refractivity contribution is 9.11. The first kappa shape index (κ1) is 15.9. The average molecular weight is 414 g/mol. The van der Waals surface area contributed by atoms with Crippen molar-refractivity contribution in [2.75, 3.05) is 12.4 Å². The van der Waals surface area contributed by atoms with Crippen LogP contribution in [-0.2, 0) is 6.54 Å². The van der Waals surface area contributed by atoms with Gasteiger partial charge in [-0.25, -0.2) is 0 Å². The third kappa shape index (κ3) is 3.98. The Morgan fingerprint density at radius 3 is 2.71 bits per heavy atom. The van der Waals surface area contributed by atoms with Crippen LogP contribution in [0.4, 0.5) is 5.69 Å². The molecular formula is C15H14Br2N2O2. The summed E-state index contributed by atoms with van der Waals surface area (Å²) in [5.41, 5.74) is 7.56. The van der Waals surface area contributed by atoms with E-state index in [4.69, 9.17) is 10.5 Å². The lowest BCUT2D eigenvalue weighted by Gasteiger charge is -2.13. The molecule has 0 radical (unpaired) electrons. The van der Waals surface area contributed by atoms with Gasteiger partial charge in [0, 0.05) is 27.8 Å². The highest BCUT2D eigenvalue weighted by Crippen LogP contribution is 2.33. The lowest BCUT2D eigenvalue weighted by molar-refractivity contribution is 0.100. The summed E-state index contributed by atoms with van der Waals surface area (Å²) in [5.74, 6) is 0.332. The number of ether oxygens (including phenoxy) is 1. The Balaban J connectivity index is 2.20. The van der Waals surface area contributed by atoms with Gasteiger partial charge in [-0.15, -0.1) is 0 Å². The fraction of sp³-hybridized carbons (Fsp3) is 0.133. The fourth-order valence-corrected chi connectivity index (χ4v) is 3.43. The van der Waals surface area contributed by atoms with Crippen molar-refractivity contribution >= 4 is 43.5 Å². The summed E-state index contributed by atoms with van der Waals surface area (Å²) in [6.07, 6.45) is 0. The van der Waals surface area contributed by atoms with Crippen molar-refractivity contribution in [3.05, 3.63) is 56.5 Å². The van der Waals surface area contributed by atoms with Gasteiger partial charge >= 0.3 is 0 Å². The number of carbonyl (C=O) groups is 1. The van der Waals surface area contributed by atoms with Crippen LogP contribution in [0.15, 0.2) is 45.3 Å². The second-order valence-corrected chi connectivity index (χ2v) is 6.15. The molecule has 0 bridgehead atoms. The number of rotatable bonds is 5. The molecule has 4 nitrogen and oxygen atoms in total. The number of nitrogens with two attached hydrogens (primary N) is 1. The van der Waals surface area contributed by atoms with Crippen LogP contribution in [0.2, 0.25) is 0 Å². The number of halogens is 2. The number of methoxy groups -OCH3 is 1. The zero-order chi connectivity index (χ0) is 15.4. The summed E-state index contributed by atoms with van der Waals surface area (Å²) in [6.45, 7) is 0.559. The molecule has 0 aliphatic rings. The maximum Gasteiger partial charge on any atom is 0.248 e. The van der Waals surface area contributed by atoms with E-state index in [1.54, 1.807) is 25.3 Å². The van der Waals surface area contributed by atoms with Crippen molar-refractivity contribution in [2.45, 2.75) is 6.54 Å². The standard InChI is InChI=1S/C15H14Br2N2O2/c1-21-14-10(5-11(16)7-13(14)17)8-19-12-4-2-3-9(6-12)15(18)20/h2-7,19H,8H2,1H3,(H2,18,20). The summed E-state index contributed by atoms with van der Waals surface area (Å²) < 4.78 is 7.23. The highest BCUT2D eigenvalue weighted by atomic mass is 79.9. The van der Waals surface area contributed by atoms with Crippen LogP contribution < -0.4 is 15.8 Å². The van der Waals surface area contributed by atoms with E-state index in [9.17, 15) is 4.79 Å². The summed E-state index contributed by atoms with van der Waals surface area (Å²) >= 11 is 6.93. The van der Waals surface area contributed by atoms with Gasteiger partial charge in [0.25, 0.3) is 0 Å². The number of primary amides is 1. The third-order valence-electron chi connectivity index (χ3n) is 2.92. The number of carbonyl (C=O) groups excluding carboxylic acids is 1. The molecule has 0 atom stereocenters. The minimum absolute atomic E-state index is 0.443. The largest absolute Gasteiger partial charge is 0.495 e. The van der Waals surface area contributed by atoms with Crippen LogP contribution in [0, 0.1) is 0 Å². The molecule has 0 saturated carbocycles. The van der Waals surface area contributed by atoms with Crippen LogP contribution in [0.1, 0.15) is 15.9 Å². The van der Waals surface area contributed by atoms with E-state index in [1.807, 2.05) is 18.2 Å². The predicted molar refractivity (Wildman–Crippen MR) is 90.7 cm³/mol. The van der Waals surface area contributed by atoms with E-state index in [2.05, 4.69) is 37.2 Å². The molecule has 2 aromatic carbocycles. The molecule has 0 unspecified atom stereocenters. The molecule has 3 N–H and O–H groups in total. The summed E-state index contributed by atoms with van der Waals surface area (Å²) in [7, 11) is 1.63. The lowest BCUT2D eigenvalue weighted by Crippen LogP contribution is -2.11. The van der Waals surface area contributed by atoms with Gasteiger partial charge in [0.05, 0.1) is 11.6 Å². The van der Waals surface area contributed by atoms with Gasteiger partial charge in [0.1, 0.15) is 5.75 Å². The van der Waals surface area contributed by atoms with E-state index >= 15 is 0 Å². The van der Waals surface area contributed by atoms with Gasteiger partial charge in [-0.3, -0.25) is 4.79 Å². The van der Waals surface area contributed by atoms with Crippen LogP contribution in [-0.4, -0.2) is 13.0 Å². The van der Waals surface area contributed by atoms with E-state index in [0.29, 0.717) is 12.1 Å². The van der Waals surface area contributed by atoms with Gasteiger partial charge < -0.3 is 15.8 Å². The molecule has 0 aliphatic carbocycles. The predicted octanol–water partition coefficient (Wildman–Crippen LogP) is 3.93. The molecule has 0 heterocycles. The first-order valence-corrected chi connectivity index (χ1v) is 7.75. The van der Waals surface area contributed by atoms with Crippen LogP contribution in [0.5, 0.6) is 5.75 Å². The van der Waals surface area contributed by atoms with Crippen molar-refractivity contribution < 1.29 is 9.53 Å². The molecule has 0 saturated heterocycles. The quantitative estimate of drug-likeness (QED) is 0.780. The third-order valence-corrected chi connectivity index (χ3v) is 3.97. The van der Waals surface area contributed by atoms with Crippen LogP contribution in [0.3, 0.4) is 0 Å². The molecule has 0 aliphatic heterocycles. The number of hydrogen-bond acceptors (Lipinski definition) is 3. The molecule has 0 fully saturated rings. The Morgan fingerprint density at radius 1 is 1.29 bits per heavy atom. The first-order chi connectivity index (χ1) is 10.0. The average Bonchev–Trinajstić information content (AvgIpc) is 2.45. The second-order valence-electron chi connectivity index (χ2n) is 4.38. The molecule has 2 rings (SSSR count). The van der Waals surface area contributed by atoms with Crippen molar-refractivity contribution in [2.24, 2.45) is 5.73 Å². The maximum absolute atomic E-state index is 11.2. The molecular weight excluding hydrogens is 400 g/mol. The molecule has 0 spiro atoms. The molecule has 6 heteroatoms. The lowest BCUT2D eigenvalue weighted by atomic mass is 10.1. The topological polar surface area (TPSA) is 64.3 Å². The number of amides is 1. The molecule has 21 heavy (non-hydrogen) atoms. The number of hydrogen-bond donors (Lipinski definition) is 2. The Morgan fingerprint density at radius 2 is 2.05 bits per heavy atom. The van der Waals surface area contributed by atoms with Crippen molar-refractivity contribution in [1.82, 2.24) is 0 Å². The zero-order valence-electron chi connectivity index (χ0n) is 11.3. The minimum Gasteiger partial charge on any atom is -0.495 e. The van der Waals surface area contributed by atoms with E-state index in [0.717, 1.165) is 25.9 Å². The summed E-state index contributed by atoms with van der Waals surface area (Å²) in [5, 5.41) is 3.26. The molecule has 110 valence electrons. The SMILES string of the molecule is COc1c(Br)cc(Br)cc1CNc1cccc(C(N)=O)c1. The number of benzene rings is 2. The van der Waals surface area contributed by atoms with Crippen LogP contribution in [0.25, 0.3) is 0 Å². The first-order valence-electron chi connectivity index (χ1n) is 6.17. The summed E-state index contributed by atoms with van der Waals surface area (Å²) in [6, 6.07) is 11.0. The Hall–Kier alpha value is -1.53. The van der Waals surface area contributed by atoms with E-state index < -0.39 is 5.91 Å². The van der Waals surface area contributed by atoms with E-state index in [1.165, 1.54) is 0 Å². The van der Waals surface area contributed by atoms with E-state index in [-0.39, 0.29) is 0 Å². The highest BCUT2D eigenvalue weighted by Gasteiger charge is 2.09. The molecule has 1 amide bonds. The Kier molecular flexibility index (Phi) is 5.25. The minimum atomic E-state index is -0.443. The van der Waals surface area contributed by atoms with Gasteiger partial charge in [-0.1, -0.05) is 22.0 Å². The fourth-order valence-electron chi connectivity index (χ4n) is 1.95. The van der Waals surface area contributed by atoms with Crippen molar-refractivity contribution in [1.29, 1.82) is 0 Å². The summed E-state index contributed by atoms with van der Waals surface area (Å²) in [4.78, 5) is 11.2. The zero-order valence-corrected chi connectivity index (χ0v) is 14.5. The van der Waals surface area contributed by atoms with Gasteiger partial charge in [0.15, 0.2) is 0 Å². The van der Waals surface area contributed by atoms with Crippen molar-refractivity contribution in [3.63, 3.8) is 0 Å². The smallest absolute Gasteiger partial charge is 0.248 e. The normalized spacial score (nSPS) is 10.2. The number of nitrogens with one attached hydrogen (secondary N) is 1.